The van der Waals surface area contributed by atoms with Crippen molar-refractivity contribution in [1.82, 2.24) is 19.5 Å². The van der Waals surface area contributed by atoms with Crippen molar-refractivity contribution in [2.24, 2.45) is 0 Å². The summed E-state index contributed by atoms with van der Waals surface area (Å²) in [6.07, 6.45) is 1.90. The second kappa shape index (κ2) is 13.8. The predicted octanol–water partition coefficient (Wildman–Crippen LogP) is 13.0. The SMILES string of the molecule is c1ccc(-c2cc(-c3ccc(-c4cccc5cccc(-c6ccc(-c7ccc8c(c7)ncn8-c7ccccc7)cc6)c45)cc3)nc(-c3ccccc3)n2)cc1. The largest absolute Gasteiger partial charge is 0.299 e. The van der Waals surface area contributed by atoms with E-state index in [-0.39, 0.29) is 0 Å². The standard InChI is InChI=1S/C51H34N4/c1-4-12-38(13-5-1)46-33-47(54-51(53-46)41-14-6-2-7-15-41)39-28-26-37(27-29-39)45-21-11-17-40-16-10-20-44(50(40)45)36-24-22-35(23-25-36)42-30-31-49-48(32-42)52-34-55(49)43-18-8-3-9-19-43/h1-34H. The van der Waals surface area contributed by atoms with Crippen molar-refractivity contribution in [1.29, 1.82) is 0 Å². The van der Waals surface area contributed by atoms with E-state index in [0.29, 0.717) is 5.82 Å². The van der Waals surface area contributed by atoms with Gasteiger partial charge in [-0.05, 0) is 74.5 Å². The smallest absolute Gasteiger partial charge is 0.160 e. The number of hydrogen-bond acceptors (Lipinski definition) is 3. The number of nitrogens with zero attached hydrogens (tertiary/aromatic N) is 4. The summed E-state index contributed by atoms with van der Waals surface area (Å²) in [6.45, 7) is 0. The van der Waals surface area contributed by atoms with Gasteiger partial charge < -0.3 is 0 Å². The fraction of sp³-hybridized carbons (Fsp3) is 0. The summed E-state index contributed by atoms with van der Waals surface area (Å²) in [6, 6.07) is 70.3. The van der Waals surface area contributed by atoms with Crippen LogP contribution in [0.3, 0.4) is 0 Å². The second-order valence-electron chi connectivity index (χ2n) is 13.7. The first-order chi connectivity index (χ1) is 27.2. The van der Waals surface area contributed by atoms with Gasteiger partial charge in [0.1, 0.15) is 6.33 Å². The lowest BCUT2D eigenvalue weighted by molar-refractivity contribution is 1.09. The highest BCUT2D eigenvalue weighted by Crippen LogP contribution is 2.38. The average Bonchev–Trinajstić information content (AvgIpc) is 3.70. The summed E-state index contributed by atoms with van der Waals surface area (Å²) >= 11 is 0. The average molecular weight is 703 g/mol. The normalized spacial score (nSPS) is 11.3. The van der Waals surface area contributed by atoms with Crippen molar-refractivity contribution in [3.63, 3.8) is 0 Å². The quantitative estimate of drug-likeness (QED) is 0.166. The minimum Gasteiger partial charge on any atom is -0.299 e. The molecule has 10 rings (SSSR count). The van der Waals surface area contributed by atoms with Crippen molar-refractivity contribution >= 4 is 21.8 Å². The maximum atomic E-state index is 5.05. The van der Waals surface area contributed by atoms with Gasteiger partial charge in [-0.2, -0.15) is 0 Å². The van der Waals surface area contributed by atoms with Gasteiger partial charge in [-0.15, -0.1) is 0 Å². The van der Waals surface area contributed by atoms with Gasteiger partial charge in [0.05, 0.1) is 22.4 Å². The van der Waals surface area contributed by atoms with Crippen LogP contribution < -0.4 is 0 Å². The van der Waals surface area contributed by atoms with Crippen molar-refractivity contribution in [2.75, 3.05) is 0 Å². The summed E-state index contributed by atoms with van der Waals surface area (Å²) in [5.74, 6) is 0.713. The first kappa shape index (κ1) is 32.2. The zero-order valence-electron chi connectivity index (χ0n) is 29.9. The highest BCUT2D eigenvalue weighted by atomic mass is 15.0. The molecule has 2 aromatic heterocycles. The van der Waals surface area contributed by atoms with Gasteiger partial charge in [0, 0.05) is 22.4 Å². The molecule has 0 aliphatic carbocycles. The van der Waals surface area contributed by atoms with E-state index in [1.165, 1.54) is 27.5 Å². The van der Waals surface area contributed by atoms with Crippen LogP contribution in [0.4, 0.5) is 0 Å². The lowest BCUT2D eigenvalue weighted by atomic mass is 9.90. The second-order valence-corrected chi connectivity index (χ2v) is 13.7. The Kier molecular flexibility index (Phi) is 8.12. The number of rotatable bonds is 7. The maximum absolute atomic E-state index is 5.05. The predicted molar refractivity (Wildman–Crippen MR) is 227 cm³/mol. The molecule has 0 bridgehead atoms. The summed E-state index contributed by atoms with van der Waals surface area (Å²) < 4.78 is 2.13. The van der Waals surface area contributed by atoms with E-state index >= 15 is 0 Å². The lowest BCUT2D eigenvalue weighted by Gasteiger charge is -2.14. The number of hydrogen-bond donors (Lipinski definition) is 0. The summed E-state index contributed by atoms with van der Waals surface area (Å²) in [5, 5.41) is 2.44. The van der Waals surface area contributed by atoms with Gasteiger partial charge in [0.2, 0.25) is 0 Å². The molecule has 0 N–H and O–H groups in total. The molecule has 0 saturated carbocycles. The van der Waals surface area contributed by atoms with E-state index in [4.69, 9.17) is 15.0 Å². The maximum Gasteiger partial charge on any atom is 0.160 e. The van der Waals surface area contributed by atoms with Crippen molar-refractivity contribution < 1.29 is 0 Å². The molecule has 2 heterocycles. The van der Waals surface area contributed by atoms with E-state index in [1.54, 1.807) is 0 Å². The van der Waals surface area contributed by atoms with Crippen LogP contribution >= 0.6 is 0 Å². The molecule has 55 heavy (non-hydrogen) atoms. The molecular formula is C51H34N4. The van der Waals surface area contributed by atoms with Gasteiger partial charge in [-0.1, -0.05) is 170 Å². The molecule has 0 fully saturated rings. The first-order valence-electron chi connectivity index (χ1n) is 18.5. The Labute approximate surface area is 319 Å². The molecule has 4 nitrogen and oxygen atoms in total. The van der Waals surface area contributed by atoms with E-state index < -0.39 is 0 Å². The van der Waals surface area contributed by atoms with Gasteiger partial charge in [-0.3, -0.25) is 4.57 Å². The molecule has 0 amide bonds. The Morgan fingerprint density at radius 1 is 0.364 bits per heavy atom. The highest BCUT2D eigenvalue weighted by molar-refractivity contribution is 6.06. The van der Waals surface area contributed by atoms with Gasteiger partial charge >= 0.3 is 0 Å². The molecule has 0 spiro atoms. The molecule has 0 aliphatic heterocycles. The monoisotopic (exact) mass is 702 g/mol. The molecule has 4 heteroatoms. The van der Waals surface area contributed by atoms with Crippen molar-refractivity contribution in [3.8, 4) is 73.0 Å². The van der Waals surface area contributed by atoms with Crippen LogP contribution in [-0.4, -0.2) is 19.5 Å². The highest BCUT2D eigenvalue weighted by Gasteiger charge is 2.14. The third kappa shape index (κ3) is 6.16. The molecule has 0 saturated heterocycles. The zero-order chi connectivity index (χ0) is 36.6. The molecule has 8 aromatic carbocycles. The van der Waals surface area contributed by atoms with E-state index in [2.05, 4.69) is 162 Å². The lowest BCUT2D eigenvalue weighted by Crippen LogP contribution is -1.95. The van der Waals surface area contributed by atoms with Crippen LogP contribution in [0.1, 0.15) is 0 Å². The van der Waals surface area contributed by atoms with Crippen LogP contribution in [-0.2, 0) is 0 Å². The molecule has 258 valence electrons. The molecule has 10 aromatic rings. The van der Waals surface area contributed by atoms with Crippen LogP contribution in [0.15, 0.2) is 207 Å². The fourth-order valence-corrected chi connectivity index (χ4v) is 7.54. The fourth-order valence-electron chi connectivity index (χ4n) is 7.54. The van der Waals surface area contributed by atoms with Crippen LogP contribution in [0.5, 0.6) is 0 Å². The number of para-hydroxylation sites is 1. The van der Waals surface area contributed by atoms with E-state index in [0.717, 1.165) is 61.5 Å². The van der Waals surface area contributed by atoms with Crippen LogP contribution in [0.25, 0.3) is 94.8 Å². The van der Waals surface area contributed by atoms with Gasteiger partial charge in [0.25, 0.3) is 0 Å². The number of aromatic nitrogens is 4. The van der Waals surface area contributed by atoms with Crippen LogP contribution in [0.2, 0.25) is 0 Å². The Bertz CT molecular complexity index is 2870. The van der Waals surface area contributed by atoms with Crippen LogP contribution in [0, 0.1) is 0 Å². The molecule has 0 atom stereocenters. The Morgan fingerprint density at radius 3 is 1.49 bits per heavy atom. The molecule has 0 aliphatic rings. The number of fused-ring (bicyclic) bond motifs is 2. The Morgan fingerprint density at radius 2 is 0.873 bits per heavy atom. The number of benzene rings is 8. The summed E-state index contributed by atoms with van der Waals surface area (Å²) in [4.78, 5) is 14.7. The van der Waals surface area contributed by atoms with E-state index in [9.17, 15) is 0 Å². The third-order valence-electron chi connectivity index (χ3n) is 10.3. The topological polar surface area (TPSA) is 43.6 Å². The van der Waals surface area contributed by atoms with Crippen molar-refractivity contribution in [3.05, 3.63) is 207 Å². The van der Waals surface area contributed by atoms with Gasteiger partial charge in [0.15, 0.2) is 5.82 Å². The minimum absolute atomic E-state index is 0.713. The number of imidazole rings is 1. The van der Waals surface area contributed by atoms with Crippen molar-refractivity contribution in [2.45, 2.75) is 0 Å². The molecular weight excluding hydrogens is 669 g/mol. The first-order valence-corrected chi connectivity index (χ1v) is 18.5. The molecule has 0 unspecified atom stereocenters. The van der Waals surface area contributed by atoms with Gasteiger partial charge in [-0.25, -0.2) is 15.0 Å². The Hall–Kier alpha value is -7.43. The Balaban J connectivity index is 0.989. The molecule has 0 radical (unpaired) electrons. The minimum atomic E-state index is 0.713. The summed E-state index contributed by atoms with van der Waals surface area (Å²) in [7, 11) is 0. The zero-order valence-corrected chi connectivity index (χ0v) is 29.9. The summed E-state index contributed by atoms with van der Waals surface area (Å²) in [5.41, 5.74) is 15.1. The third-order valence-corrected chi connectivity index (χ3v) is 10.3. The van der Waals surface area contributed by atoms with E-state index in [1.807, 2.05) is 48.8 Å².